The molecule has 1 heterocycles. The molecular formula is C25H33N5O4S. The van der Waals surface area contributed by atoms with Crippen molar-refractivity contribution in [2.24, 2.45) is 0 Å². The molecule has 1 atom stereocenters. The number of amides is 3. The number of carbonyl (C=O) groups is 3. The summed E-state index contributed by atoms with van der Waals surface area (Å²) in [4.78, 5) is 41.2. The number of nitrogens with one attached hydrogen (secondary N) is 2. The molecule has 35 heavy (non-hydrogen) atoms. The van der Waals surface area contributed by atoms with E-state index in [1.807, 2.05) is 0 Å². The predicted molar refractivity (Wildman–Crippen MR) is 136 cm³/mol. The fourth-order valence-corrected chi connectivity index (χ4v) is 5.55. The Hall–Kier alpha value is -3.14. The molecule has 2 aliphatic carbocycles. The van der Waals surface area contributed by atoms with Crippen LogP contribution in [0.25, 0.3) is 0 Å². The van der Waals surface area contributed by atoms with E-state index in [0.717, 1.165) is 62.9 Å². The summed E-state index contributed by atoms with van der Waals surface area (Å²) in [6, 6.07) is 6.34. The molecule has 4 N–H and O–H groups in total. The van der Waals surface area contributed by atoms with Crippen LogP contribution in [0.5, 0.6) is 5.75 Å². The highest BCUT2D eigenvalue weighted by atomic mass is 32.1. The van der Waals surface area contributed by atoms with Gasteiger partial charge < -0.3 is 21.1 Å². The van der Waals surface area contributed by atoms with Crippen LogP contribution in [0.3, 0.4) is 0 Å². The van der Waals surface area contributed by atoms with E-state index in [1.165, 1.54) is 4.90 Å². The summed E-state index contributed by atoms with van der Waals surface area (Å²) in [6.45, 7) is 1.69. The number of methoxy groups -OCH3 is 1. The Morgan fingerprint density at radius 1 is 1.03 bits per heavy atom. The molecule has 0 radical (unpaired) electrons. The highest BCUT2D eigenvalue weighted by Crippen LogP contribution is 2.29. The van der Waals surface area contributed by atoms with Gasteiger partial charge in [-0.1, -0.05) is 25.7 Å². The lowest BCUT2D eigenvalue weighted by atomic mass is 10.1. The van der Waals surface area contributed by atoms with Gasteiger partial charge >= 0.3 is 0 Å². The van der Waals surface area contributed by atoms with Gasteiger partial charge in [0.15, 0.2) is 5.69 Å². The van der Waals surface area contributed by atoms with Gasteiger partial charge in [0.1, 0.15) is 16.7 Å². The molecule has 0 spiro atoms. The molecular weight excluding hydrogens is 466 g/mol. The Kier molecular flexibility index (Phi) is 7.90. The maximum absolute atomic E-state index is 13.8. The van der Waals surface area contributed by atoms with Crippen molar-refractivity contribution in [3.8, 4) is 5.75 Å². The Morgan fingerprint density at radius 2 is 1.60 bits per heavy atom. The Bertz CT molecular complexity index is 1060. The molecule has 0 unspecified atom stereocenters. The average molecular weight is 500 g/mol. The van der Waals surface area contributed by atoms with Crippen molar-refractivity contribution in [2.75, 3.05) is 17.7 Å². The minimum absolute atomic E-state index is 0.0393. The first-order valence-corrected chi connectivity index (χ1v) is 13.0. The third-order valence-corrected chi connectivity index (χ3v) is 7.72. The molecule has 4 rings (SSSR count). The molecule has 188 valence electrons. The van der Waals surface area contributed by atoms with Crippen LogP contribution >= 0.6 is 11.5 Å². The summed E-state index contributed by atoms with van der Waals surface area (Å²) in [5, 5.41) is 6.04. The first kappa shape index (κ1) is 25.0. The van der Waals surface area contributed by atoms with E-state index in [-0.39, 0.29) is 40.2 Å². The van der Waals surface area contributed by atoms with Crippen LogP contribution in [-0.4, -0.2) is 47.3 Å². The van der Waals surface area contributed by atoms with Crippen LogP contribution in [0.1, 0.15) is 78.5 Å². The zero-order chi connectivity index (χ0) is 24.9. The average Bonchev–Trinajstić information content (AvgIpc) is 3.62. The molecule has 2 saturated carbocycles. The Labute approximate surface area is 209 Å². The van der Waals surface area contributed by atoms with E-state index in [2.05, 4.69) is 15.0 Å². The van der Waals surface area contributed by atoms with E-state index >= 15 is 0 Å². The monoisotopic (exact) mass is 499 g/mol. The number of ether oxygens (including phenoxy) is 1. The van der Waals surface area contributed by atoms with Crippen molar-refractivity contribution < 1.29 is 19.1 Å². The molecule has 0 aliphatic heterocycles. The Morgan fingerprint density at radius 3 is 2.17 bits per heavy atom. The third-order valence-electron chi connectivity index (χ3n) is 6.87. The number of aromatic nitrogens is 1. The lowest BCUT2D eigenvalue weighted by Crippen LogP contribution is -2.50. The van der Waals surface area contributed by atoms with Gasteiger partial charge in [0, 0.05) is 17.8 Å². The number of carbonyl (C=O) groups excluding carboxylic acids is 3. The second-order valence-corrected chi connectivity index (χ2v) is 10.0. The number of rotatable bonds is 8. The van der Waals surface area contributed by atoms with Gasteiger partial charge in [0.05, 0.1) is 12.8 Å². The highest BCUT2D eigenvalue weighted by molar-refractivity contribution is 7.09. The van der Waals surface area contributed by atoms with Crippen molar-refractivity contribution in [2.45, 2.75) is 76.4 Å². The summed E-state index contributed by atoms with van der Waals surface area (Å²) in [7, 11) is 1.56. The van der Waals surface area contributed by atoms with Crippen LogP contribution in [0.2, 0.25) is 0 Å². The molecule has 1 aromatic heterocycles. The summed E-state index contributed by atoms with van der Waals surface area (Å²) in [5.74, 6) is -0.442. The maximum Gasteiger partial charge on any atom is 0.273 e. The molecule has 1 aromatic carbocycles. The van der Waals surface area contributed by atoms with Gasteiger partial charge in [-0.05, 0) is 68.4 Å². The minimum Gasteiger partial charge on any atom is -0.497 e. The van der Waals surface area contributed by atoms with Crippen molar-refractivity contribution >= 4 is 40.6 Å². The number of hydrogen-bond donors (Lipinski definition) is 3. The standard InChI is InChI=1S/C25H33N5O4S/c1-15(23(31)27-16-7-3-4-8-16)30(18-11-13-19(34-2)14-12-18)25(33)22-20(26)21(29-35-22)24(32)28-17-9-5-6-10-17/h11-17H,3-10,26H2,1-2H3,(H,27,31)(H,28,32)/t15-/m0/s1. The number of anilines is 2. The fourth-order valence-electron chi connectivity index (χ4n) is 4.82. The van der Waals surface area contributed by atoms with E-state index < -0.39 is 11.9 Å². The maximum atomic E-state index is 13.8. The normalized spacial score (nSPS) is 17.2. The number of benzene rings is 1. The van der Waals surface area contributed by atoms with Gasteiger partial charge in [-0.3, -0.25) is 19.3 Å². The van der Waals surface area contributed by atoms with Gasteiger partial charge in [0.2, 0.25) is 5.91 Å². The Balaban J connectivity index is 1.59. The number of nitrogen functional groups attached to an aromatic ring is 1. The van der Waals surface area contributed by atoms with Crippen molar-refractivity contribution in [3.05, 3.63) is 34.8 Å². The van der Waals surface area contributed by atoms with E-state index in [1.54, 1.807) is 38.3 Å². The zero-order valence-electron chi connectivity index (χ0n) is 20.2. The van der Waals surface area contributed by atoms with E-state index in [4.69, 9.17) is 10.5 Å². The number of nitrogens with two attached hydrogens (primary N) is 1. The van der Waals surface area contributed by atoms with Crippen LogP contribution in [0, 0.1) is 0 Å². The van der Waals surface area contributed by atoms with E-state index in [0.29, 0.717) is 11.4 Å². The van der Waals surface area contributed by atoms with E-state index in [9.17, 15) is 14.4 Å². The molecule has 0 bridgehead atoms. The summed E-state index contributed by atoms with van der Waals surface area (Å²) >= 11 is 0.880. The lowest BCUT2D eigenvalue weighted by molar-refractivity contribution is -0.122. The molecule has 10 heteroatoms. The quantitative estimate of drug-likeness (QED) is 0.510. The van der Waals surface area contributed by atoms with Crippen LogP contribution in [-0.2, 0) is 4.79 Å². The van der Waals surface area contributed by atoms with Gasteiger partial charge in [-0.2, -0.15) is 4.37 Å². The molecule has 2 aliphatic rings. The number of hydrogen-bond acceptors (Lipinski definition) is 7. The molecule has 9 nitrogen and oxygen atoms in total. The van der Waals surface area contributed by atoms with Crippen molar-refractivity contribution in [3.63, 3.8) is 0 Å². The lowest BCUT2D eigenvalue weighted by Gasteiger charge is -2.29. The van der Waals surface area contributed by atoms with Gasteiger partial charge in [0.25, 0.3) is 11.8 Å². The van der Waals surface area contributed by atoms with Crippen LogP contribution < -0.4 is 26.0 Å². The summed E-state index contributed by atoms with van der Waals surface area (Å²) in [5.41, 5.74) is 6.89. The molecule has 0 saturated heterocycles. The van der Waals surface area contributed by atoms with Crippen molar-refractivity contribution in [1.29, 1.82) is 0 Å². The summed E-state index contributed by atoms with van der Waals surface area (Å²) < 4.78 is 9.44. The molecule has 2 fully saturated rings. The second-order valence-electron chi connectivity index (χ2n) is 9.27. The SMILES string of the molecule is COc1ccc(N(C(=O)c2snc(C(=O)NC3CCCC3)c2N)[C@@H](C)C(=O)NC2CCCC2)cc1. The third kappa shape index (κ3) is 5.58. The predicted octanol–water partition coefficient (Wildman–Crippen LogP) is 3.50. The smallest absolute Gasteiger partial charge is 0.273 e. The highest BCUT2D eigenvalue weighted by Gasteiger charge is 2.34. The van der Waals surface area contributed by atoms with Gasteiger partial charge in [-0.25, -0.2) is 0 Å². The second kappa shape index (κ2) is 11.1. The molecule has 3 amide bonds. The number of nitrogens with zero attached hydrogens (tertiary/aromatic N) is 2. The van der Waals surface area contributed by atoms with Gasteiger partial charge in [-0.15, -0.1) is 0 Å². The van der Waals surface area contributed by atoms with Crippen LogP contribution in [0.4, 0.5) is 11.4 Å². The molecule has 2 aromatic rings. The minimum atomic E-state index is -0.797. The van der Waals surface area contributed by atoms with Crippen LogP contribution in [0.15, 0.2) is 24.3 Å². The zero-order valence-corrected chi connectivity index (χ0v) is 21.0. The van der Waals surface area contributed by atoms with Crippen molar-refractivity contribution in [1.82, 2.24) is 15.0 Å². The largest absolute Gasteiger partial charge is 0.497 e. The summed E-state index contributed by atoms with van der Waals surface area (Å²) in [6.07, 6.45) is 8.08. The topological polar surface area (TPSA) is 127 Å². The first-order chi connectivity index (χ1) is 16.9. The first-order valence-electron chi connectivity index (χ1n) is 12.2. The fraction of sp³-hybridized carbons (Fsp3) is 0.520.